The Labute approximate surface area is 150 Å². The highest BCUT2D eigenvalue weighted by atomic mass is 35.5. The summed E-state index contributed by atoms with van der Waals surface area (Å²) in [4.78, 5) is 15.8. The van der Waals surface area contributed by atoms with Crippen LogP contribution < -0.4 is 0 Å². The smallest absolute Gasteiger partial charge is 0.277 e. The maximum atomic E-state index is 12.2. The number of hydrogen-bond acceptors (Lipinski definition) is 7. The van der Waals surface area contributed by atoms with Gasteiger partial charge >= 0.3 is 0 Å². The molecule has 0 aliphatic rings. The highest BCUT2D eigenvalue weighted by Crippen LogP contribution is 2.27. The molecule has 0 radical (unpaired) electrons. The Morgan fingerprint density at radius 3 is 2.96 bits per heavy atom. The minimum absolute atomic E-state index is 0.00426. The van der Waals surface area contributed by atoms with Crippen molar-refractivity contribution in [1.82, 2.24) is 15.1 Å². The van der Waals surface area contributed by atoms with E-state index in [1.807, 2.05) is 29.6 Å². The monoisotopic (exact) mass is 385 g/mol. The van der Waals surface area contributed by atoms with E-state index in [1.54, 1.807) is 11.9 Å². The Bertz CT molecular complexity index is 785. The molecule has 1 amide bonds. The van der Waals surface area contributed by atoms with Gasteiger partial charge in [-0.15, -0.1) is 32.9 Å². The third-order valence-corrected chi connectivity index (χ3v) is 5.78. The molecule has 0 saturated carbocycles. The lowest BCUT2D eigenvalue weighted by Gasteiger charge is -2.15. The lowest BCUT2D eigenvalue weighted by Crippen LogP contribution is -2.27. The summed E-state index contributed by atoms with van der Waals surface area (Å²) >= 11 is 10.1. The van der Waals surface area contributed by atoms with E-state index in [1.165, 1.54) is 34.4 Å². The van der Waals surface area contributed by atoms with Crippen molar-refractivity contribution in [3.8, 4) is 10.8 Å². The van der Waals surface area contributed by atoms with Gasteiger partial charge in [-0.3, -0.25) is 4.79 Å². The first-order valence-electron chi connectivity index (χ1n) is 6.60. The number of nitrogens with zero attached hydrogens (tertiary/aromatic N) is 3. The summed E-state index contributed by atoms with van der Waals surface area (Å²) in [6, 6.07) is 7.60. The lowest BCUT2D eigenvalue weighted by molar-refractivity contribution is -0.127. The molecule has 3 aromatic rings. The van der Waals surface area contributed by atoms with Gasteiger partial charge in [0, 0.05) is 11.9 Å². The number of hydrogen-bond donors (Lipinski definition) is 0. The van der Waals surface area contributed by atoms with Crippen molar-refractivity contribution in [1.29, 1.82) is 0 Å². The van der Waals surface area contributed by atoms with Crippen LogP contribution in [0.5, 0.6) is 0 Å². The first kappa shape index (κ1) is 16.5. The molecule has 0 N–H and O–H groups in total. The number of carbonyl (C=O) groups excluding carboxylic acids is 1. The van der Waals surface area contributed by atoms with Crippen LogP contribution in [0, 0.1) is 0 Å². The van der Waals surface area contributed by atoms with Crippen LogP contribution in [-0.4, -0.2) is 33.8 Å². The summed E-state index contributed by atoms with van der Waals surface area (Å²) in [5, 5.41) is 10.3. The predicted molar refractivity (Wildman–Crippen MR) is 94.1 cm³/mol. The predicted octanol–water partition coefficient (Wildman–Crippen LogP) is 4.26. The van der Waals surface area contributed by atoms with Crippen molar-refractivity contribution < 1.29 is 9.21 Å². The maximum Gasteiger partial charge on any atom is 0.277 e. The number of halogens is 1. The summed E-state index contributed by atoms with van der Waals surface area (Å²) in [6.07, 6.45) is 0. The Kier molecular flexibility index (Phi) is 5.37. The first-order valence-corrected chi connectivity index (χ1v) is 9.66. The number of carbonyl (C=O) groups is 1. The molecule has 0 aromatic carbocycles. The fraction of sp³-hybridized carbons (Fsp3) is 0.214. The van der Waals surface area contributed by atoms with Gasteiger partial charge in [-0.05, 0) is 23.6 Å². The van der Waals surface area contributed by atoms with Gasteiger partial charge in [0.15, 0.2) is 0 Å². The fourth-order valence-corrected chi connectivity index (χ4v) is 4.25. The minimum Gasteiger partial charge on any atom is -0.410 e. The average molecular weight is 386 g/mol. The third kappa shape index (κ3) is 4.35. The molecule has 0 atom stereocenters. The quantitative estimate of drug-likeness (QED) is 0.593. The van der Waals surface area contributed by atoms with Gasteiger partial charge in [-0.1, -0.05) is 29.4 Å². The van der Waals surface area contributed by atoms with E-state index in [0.717, 1.165) is 14.1 Å². The first-order chi connectivity index (χ1) is 11.1. The van der Waals surface area contributed by atoms with Crippen LogP contribution in [0.3, 0.4) is 0 Å². The highest BCUT2D eigenvalue weighted by molar-refractivity contribution is 7.99. The topological polar surface area (TPSA) is 59.2 Å². The van der Waals surface area contributed by atoms with Crippen molar-refractivity contribution in [2.24, 2.45) is 0 Å². The number of amides is 1. The van der Waals surface area contributed by atoms with E-state index in [9.17, 15) is 4.79 Å². The maximum absolute atomic E-state index is 12.2. The SMILES string of the molecule is CN(Cc1ccc(Cl)s1)C(=O)CSc1nnc(-c2cccs2)o1. The van der Waals surface area contributed by atoms with Gasteiger partial charge in [0.2, 0.25) is 5.91 Å². The number of aromatic nitrogens is 2. The third-order valence-electron chi connectivity index (χ3n) is 2.91. The molecule has 23 heavy (non-hydrogen) atoms. The van der Waals surface area contributed by atoms with Gasteiger partial charge in [0.25, 0.3) is 11.1 Å². The van der Waals surface area contributed by atoms with Crippen molar-refractivity contribution in [3.63, 3.8) is 0 Å². The largest absolute Gasteiger partial charge is 0.410 e. The summed E-state index contributed by atoms with van der Waals surface area (Å²) in [6.45, 7) is 0.543. The van der Waals surface area contributed by atoms with Crippen molar-refractivity contribution in [2.45, 2.75) is 11.8 Å². The fourth-order valence-electron chi connectivity index (χ4n) is 1.76. The molecule has 0 saturated heterocycles. The van der Waals surface area contributed by atoms with E-state index in [2.05, 4.69) is 10.2 Å². The summed E-state index contributed by atoms with van der Waals surface area (Å²) < 4.78 is 6.27. The number of thiophene rings is 2. The van der Waals surface area contributed by atoms with Crippen LogP contribution in [0.4, 0.5) is 0 Å². The second-order valence-corrected chi connectivity index (χ2v) is 8.27. The Balaban J connectivity index is 1.52. The van der Waals surface area contributed by atoms with Crippen LogP contribution in [0.1, 0.15) is 4.88 Å². The summed E-state index contributed by atoms with van der Waals surface area (Å²) in [5.74, 6) is 0.730. The zero-order valence-corrected chi connectivity index (χ0v) is 15.3. The minimum atomic E-state index is -0.00426. The summed E-state index contributed by atoms with van der Waals surface area (Å²) in [7, 11) is 1.77. The normalized spacial score (nSPS) is 10.9. The Morgan fingerprint density at radius 1 is 1.39 bits per heavy atom. The lowest BCUT2D eigenvalue weighted by atomic mass is 10.4. The highest BCUT2D eigenvalue weighted by Gasteiger charge is 2.15. The van der Waals surface area contributed by atoms with Gasteiger partial charge in [-0.2, -0.15) is 0 Å². The molecule has 0 unspecified atom stereocenters. The molecule has 120 valence electrons. The van der Waals surface area contributed by atoms with Crippen LogP contribution in [-0.2, 0) is 11.3 Å². The molecule has 0 aliphatic carbocycles. The molecule has 0 spiro atoms. The van der Waals surface area contributed by atoms with E-state index < -0.39 is 0 Å². The van der Waals surface area contributed by atoms with Crippen LogP contribution in [0.15, 0.2) is 39.3 Å². The van der Waals surface area contributed by atoms with Crippen LogP contribution in [0.2, 0.25) is 4.34 Å². The zero-order valence-electron chi connectivity index (χ0n) is 12.1. The van der Waals surface area contributed by atoms with Crippen LogP contribution >= 0.6 is 46.0 Å². The molecule has 3 rings (SSSR count). The zero-order chi connectivity index (χ0) is 16.2. The average Bonchev–Trinajstić information content (AvgIpc) is 3.26. The van der Waals surface area contributed by atoms with Crippen LogP contribution in [0.25, 0.3) is 10.8 Å². The molecule has 3 heterocycles. The van der Waals surface area contributed by atoms with Gasteiger partial charge in [0.05, 0.1) is 21.5 Å². The van der Waals surface area contributed by atoms with E-state index in [0.29, 0.717) is 17.7 Å². The molecule has 9 heteroatoms. The van der Waals surface area contributed by atoms with Gasteiger partial charge in [0.1, 0.15) is 0 Å². The molecular formula is C14H12ClN3O2S3. The standard InChI is InChI=1S/C14H12ClN3O2S3/c1-18(7-9-4-5-11(15)23-9)12(19)8-22-14-17-16-13(20-14)10-3-2-6-21-10/h2-6H,7-8H2,1H3. The molecule has 5 nitrogen and oxygen atoms in total. The molecule has 0 aliphatic heterocycles. The molecule has 3 aromatic heterocycles. The number of thioether (sulfide) groups is 1. The molecule has 0 bridgehead atoms. The Morgan fingerprint density at radius 2 is 2.26 bits per heavy atom. The molecule has 0 fully saturated rings. The second kappa shape index (κ2) is 7.48. The van der Waals surface area contributed by atoms with Crippen molar-refractivity contribution in [2.75, 3.05) is 12.8 Å². The van der Waals surface area contributed by atoms with Crippen molar-refractivity contribution >= 4 is 51.9 Å². The number of rotatable bonds is 6. The van der Waals surface area contributed by atoms with E-state index in [4.69, 9.17) is 16.0 Å². The molecular weight excluding hydrogens is 374 g/mol. The van der Waals surface area contributed by atoms with E-state index >= 15 is 0 Å². The second-order valence-electron chi connectivity index (χ2n) is 4.59. The van der Waals surface area contributed by atoms with Gasteiger partial charge in [-0.25, -0.2) is 0 Å². The van der Waals surface area contributed by atoms with Crippen molar-refractivity contribution in [3.05, 3.63) is 38.9 Å². The van der Waals surface area contributed by atoms with Gasteiger partial charge < -0.3 is 9.32 Å². The Hall–Kier alpha value is -1.35. The summed E-state index contributed by atoms with van der Waals surface area (Å²) in [5.41, 5.74) is 0. The van der Waals surface area contributed by atoms with E-state index in [-0.39, 0.29) is 11.7 Å².